The average molecular weight is 498 g/mol. The molecule has 2 aromatic carbocycles. The second kappa shape index (κ2) is 9.95. The van der Waals surface area contributed by atoms with E-state index in [0.29, 0.717) is 69.5 Å². The standard InChI is InChI=1S/C23H26N6O7/c30-20-15-27(18-4-2-1-3-17(18)24-20)14-16-13-19(28(31)32)22(26-7-11-36-12-8-26)23(29(33)34)21(16)25-5-9-35-10-6-25/h1-4,13H,5-12,14-15H2,(H,24,30). The average Bonchev–Trinajstić information content (AvgIpc) is 2.88. The number of nitro groups is 2. The maximum absolute atomic E-state index is 12.6. The zero-order valence-corrected chi connectivity index (χ0v) is 19.6. The van der Waals surface area contributed by atoms with Crippen molar-refractivity contribution in [1.82, 2.24) is 0 Å². The molecule has 2 aromatic rings. The zero-order valence-electron chi connectivity index (χ0n) is 19.6. The van der Waals surface area contributed by atoms with Gasteiger partial charge in [0.05, 0.1) is 54.2 Å². The Balaban J connectivity index is 1.69. The van der Waals surface area contributed by atoms with Crippen LogP contribution in [0, 0.1) is 20.2 Å². The molecule has 36 heavy (non-hydrogen) atoms. The Kier molecular flexibility index (Phi) is 6.57. The van der Waals surface area contributed by atoms with E-state index in [4.69, 9.17) is 9.47 Å². The molecular weight excluding hydrogens is 472 g/mol. The normalized spacial score (nSPS) is 18.0. The summed E-state index contributed by atoms with van der Waals surface area (Å²) < 4.78 is 10.9. The Labute approximate surface area is 206 Å². The van der Waals surface area contributed by atoms with Gasteiger partial charge in [-0.3, -0.25) is 25.0 Å². The topological polar surface area (TPSA) is 144 Å². The fourth-order valence-corrected chi connectivity index (χ4v) is 5.01. The summed E-state index contributed by atoms with van der Waals surface area (Å²) in [6.07, 6.45) is 0. The Bertz CT molecular complexity index is 1190. The molecule has 3 heterocycles. The van der Waals surface area contributed by atoms with Crippen LogP contribution in [0.4, 0.5) is 34.1 Å². The van der Waals surface area contributed by atoms with Crippen LogP contribution in [0.25, 0.3) is 0 Å². The number of amides is 1. The number of carbonyl (C=O) groups is 1. The first kappa shape index (κ1) is 23.8. The van der Waals surface area contributed by atoms with Crippen LogP contribution >= 0.6 is 0 Å². The maximum atomic E-state index is 12.6. The fraction of sp³-hybridized carbons (Fsp3) is 0.435. The molecule has 190 valence electrons. The molecule has 3 aliphatic heterocycles. The Morgan fingerprint density at radius 3 is 2.11 bits per heavy atom. The van der Waals surface area contributed by atoms with Gasteiger partial charge in [-0.25, -0.2) is 0 Å². The van der Waals surface area contributed by atoms with E-state index in [1.54, 1.807) is 21.9 Å². The fourth-order valence-electron chi connectivity index (χ4n) is 5.01. The minimum Gasteiger partial charge on any atom is -0.378 e. The third kappa shape index (κ3) is 4.50. The lowest BCUT2D eigenvalue weighted by molar-refractivity contribution is -0.392. The van der Waals surface area contributed by atoms with Crippen molar-refractivity contribution in [2.24, 2.45) is 0 Å². The van der Waals surface area contributed by atoms with Gasteiger partial charge in [0.1, 0.15) is 5.69 Å². The molecule has 1 N–H and O–H groups in total. The van der Waals surface area contributed by atoms with E-state index >= 15 is 0 Å². The number of nitrogens with one attached hydrogen (secondary N) is 1. The van der Waals surface area contributed by atoms with Gasteiger partial charge < -0.3 is 29.5 Å². The molecule has 0 atom stereocenters. The third-order valence-corrected chi connectivity index (χ3v) is 6.55. The SMILES string of the molecule is O=C1CN(Cc2cc([N+](=O)[O-])c(N3CCOCC3)c([N+](=O)[O-])c2N2CCOCC2)c2ccccc2N1. The molecule has 0 spiro atoms. The van der Waals surface area contributed by atoms with E-state index in [-0.39, 0.29) is 36.1 Å². The summed E-state index contributed by atoms with van der Waals surface area (Å²) in [5.74, 6) is -0.226. The molecule has 2 saturated heterocycles. The molecule has 0 radical (unpaired) electrons. The number of para-hydroxylation sites is 2. The van der Waals surface area contributed by atoms with Crippen LogP contribution in [0.2, 0.25) is 0 Å². The predicted molar refractivity (Wildman–Crippen MR) is 132 cm³/mol. The van der Waals surface area contributed by atoms with Gasteiger partial charge >= 0.3 is 5.69 Å². The summed E-state index contributed by atoms with van der Waals surface area (Å²) in [6.45, 7) is 2.95. The lowest BCUT2D eigenvalue weighted by Gasteiger charge is -2.35. The minimum absolute atomic E-state index is 0.00432. The molecule has 0 aromatic heterocycles. The van der Waals surface area contributed by atoms with Gasteiger partial charge in [0, 0.05) is 44.4 Å². The molecule has 13 heteroatoms. The number of anilines is 4. The molecular formula is C23H26N6O7. The molecule has 13 nitrogen and oxygen atoms in total. The van der Waals surface area contributed by atoms with Gasteiger partial charge in [0.15, 0.2) is 5.69 Å². The summed E-state index contributed by atoms with van der Waals surface area (Å²) in [7, 11) is 0. The molecule has 0 aliphatic carbocycles. The number of nitrogens with zero attached hydrogens (tertiary/aromatic N) is 5. The highest BCUT2D eigenvalue weighted by Gasteiger charge is 2.39. The van der Waals surface area contributed by atoms with E-state index in [2.05, 4.69) is 5.32 Å². The van der Waals surface area contributed by atoms with Gasteiger partial charge in [0.25, 0.3) is 5.69 Å². The molecule has 3 aliphatic rings. The van der Waals surface area contributed by atoms with Gasteiger partial charge in [-0.05, 0) is 12.1 Å². The summed E-state index contributed by atoms with van der Waals surface area (Å²) in [4.78, 5) is 41.5. The first-order valence-electron chi connectivity index (χ1n) is 11.7. The van der Waals surface area contributed by atoms with Crippen molar-refractivity contribution >= 4 is 40.0 Å². The molecule has 2 fully saturated rings. The lowest BCUT2D eigenvalue weighted by atomic mass is 10.0. The van der Waals surface area contributed by atoms with Crippen molar-refractivity contribution in [2.75, 3.05) is 79.2 Å². The van der Waals surface area contributed by atoms with E-state index in [9.17, 15) is 25.0 Å². The molecule has 0 saturated carbocycles. The number of ether oxygens (including phenoxy) is 2. The van der Waals surface area contributed by atoms with Crippen molar-refractivity contribution in [3.05, 3.63) is 56.1 Å². The number of nitro benzene ring substituents is 2. The van der Waals surface area contributed by atoms with E-state index < -0.39 is 9.85 Å². The summed E-state index contributed by atoms with van der Waals surface area (Å²) in [5.41, 5.74) is 1.48. The van der Waals surface area contributed by atoms with E-state index in [1.165, 1.54) is 6.07 Å². The van der Waals surface area contributed by atoms with Crippen LogP contribution in [0.1, 0.15) is 5.56 Å². The molecule has 1 amide bonds. The monoisotopic (exact) mass is 498 g/mol. The van der Waals surface area contributed by atoms with Crippen molar-refractivity contribution in [1.29, 1.82) is 0 Å². The van der Waals surface area contributed by atoms with Crippen LogP contribution in [-0.4, -0.2) is 74.9 Å². The number of fused-ring (bicyclic) bond motifs is 1. The molecule has 0 unspecified atom stereocenters. The summed E-state index contributed by atoms with van der Waals surface area (Å²) >= 11 is 0. The number of morpholine rings is 2. The number of hydrogen-bond donors (Lipinski definition) is 1. The van der Waals surface area contributed by atoms with Crippen LogP contribution in [0.3, 0.4) is 0 Å². The smallest absolute Gasteiger partial charge is 0.323 e. The zero-order chi connectivity index (χ0) is 25.2. The number of rotatable bonds is 6. The van der Waals surface area contributed by atoms with Crippen molar-refractivity contribution < 1.29 is 24.1 Å². The Morgan fingerprint density at radius 2 is 1.50 bits per heavy atom. The van der Waals surface area contributed by atoms with Crippen LogP contribution in [0.15, 0.2) is 30.3 Å². The summed E-state index contributed by atoms with van der Waals surface area (Å²) in [6, 6.07) is 8.67. The minimum atomic E-state index is -0.568. The third-order valence-electron chi connectivity index (χ3n) is 6.55. The van der Waals surface area contributed by atoms with Gasteiger partial charge in [-0.2, -0.15) is 0 Å². The highest BCUT2D eigenvalue weighted by atomic mass is 16.6. The number of benzene rings is 2. The number of hydrogen-bond acceptors (Lipinski definition) is 10. The predicted octanol–water partition coefficient (Wildman–Crippen LogP) is 2.13. The van der Waals surface area contributed by atoms with Crippen LogP contribution in [0.5, 0.6) is 0 Å². The summed E-state index contributed by atoms with van der Waals surface area (Å²) in [5, 5.41) is 27.6. The highest BCUT2D eigenvalue weighted by Crippen LogP contribution is 2.48. The largest absolute Gasteiger partial charge is 0.378 e. The Morgan fingerprint density at radius 1 is 0.889 bits per heavy atom. The van der Waals surface area contributed by atoms with Crippen LogP contribution in [-0.2, 0) is 20.8 Å². The molecule has 5 rings (SSSR count). The van der Waals surface area contributed by atoms with Gasteiger partial charge in [0.2, 0.25) is 5.91 Å². The second-order valence-corrected chi connectivity index (χ2v) is 8.74. The first-order valence-corrected chi connectivity index (χ1v) is 11.7. The quantitative estimate of drug-likeness (QED) is 0.465. The van der Waals surface area contributed by atoms with Gasteiger partial charge in [-0.1, -0.05) is 12.1 Å². The van der Waals surface area contributed by atoms with Crippen LogP contribution < -0.4 is 20.0 Å². The van der Waals surface area contributed by atoms with E-state index in [1.807, 2.05) is 17.0 Å². The Hall–Kier alpha value is -3.97. The second-order valence-electron chi connectivity index (χ2n) is 8.74. The van der Waals surface area contributed by atoms with E-state index in [0.717, 1.165) is 5.69 Å². The lowest BCUT2D eigenvalue weighted by Crippen LogP contribution is -2.41. The van der Waals surface area contributed by atoms with Gasteiger partial charge in [-0.15, -0.1) is 0 Å². The van der Waals surface area contributed by atoms with Crippen molar-refractivity contribution in [3.8, 4) is 0 Å². The maximum Gasteiger partial charge on any atom is 0.323 e. The highest BCUT2D eigenvalue weighted by molar-refractivity contribution is 6.01. The van der Waals surface area contributed by atoms with Crippen molar-refractivity contribution in [3.63, 3.8) is 0 Å². The number of carbonyl (C=O) groups excluding carboxylic acids is 1. The molecule has 0 bridgehead atoms. The first-order chi connectivity index (χ1) is 17.4. The van der Waals surface area contributed by atoms with Crippen molar-refractivity contribution in [2.45, 2.75) is 6.54 Å².